The molecule has 0 aliphatic carbocycles. The van der Waals surface area contributed by atoms with Crippen LogP contribution < -0.4 is 16.2 Å². The Bertz CT molecular complexity index is 884. The van der Waals surface area contributed by atoms with Crippen LogP contribution in [0.2, 0.25) is 0 Å². The van der Waals surface area contributed by atoms with E-state index >= 15 is 0 Å². The average molecular weight is 417 g/mol. The number of fused-ring (bicyclic) bond motifs is 1. The fourth-order valence-electron chi connectivity index (χ4n) is 3.15. The van der Waals surface area contributed by atoms with Crippen molar-refractivity contribution < 1.29 is 9.59 Å². The van der Waals surface area contributed by atoms with Crippen molar-refractivity contribution in [2.75, 3.05) is 11.1 Å². The van der Waals surface area contributed by atoms with Crippen molar-refractivity contribution in [1.82, 2.24) is 20.8 Å². The molecule has 0 spiro atoms. The number of hydrogen-bond donors (Lipinski definition) is 3. The van der Waals surface area contributed by atoms with Gasteiger partial charge in [-0.15, -0.1) is 16.4 Å². The molecule has 2 amide bonds. The van der Waals surface area contributed by atoms with Crippen LogP contribution in [0.15, 0.2) is 40.9 Å². The fraction of sp³-hybridized carbons (Fsp3) is 0.333. The highest BCUT2D eigenvalue weighted by atomic mass is 32.2. The van der Waals surface area contributed by atoms with Gasteiger partial charge in [-0.1, -0.05) is 43.0 Å². The van der Waals surface area contributed by atoms with Crippen LogP contribution >= 0.6 is 23.1 Å². The summed E-state index contributed by atoms with van der Waals surface area (Å²) in [6.07, 6.45) is 3.27. The summed E-state index contributed by atoms with van der Waals surface area (Å²) in [5.41, 5.74) is 8.35. The number of hydrazine groups is 1. The Hall–Kier alpha value is -2.43. The van der Waals surface area contributed by atoms with Gasteiger partial charge in [0.15, 0.2) is 10.3 Å². The molecule has 3 heterocycles. The molecule has 1 fully saturated rings. The van der Waals surface area contributed by atoms with E-state index < -0.39 is 0 Å². The molecule has 1 aromatic carbocycles. The largest absolute Gasteiger partial charge is 0.301 e. The van der Waals surface area contributed by atoms with Crippen molar-refractivity contribution >= 4 is 45.2 Å². The van der Waals surface area contributed by atoms with E-state index in [1.807, 2.05) is 0 Å². The number of aromatic nitrogens is 1. The van der Waals surface area contributed by atoms with E-state index in [-0.39, 0.29) is 29.7 Å². The van der Waals surface area contributed by atoms with Gasteiger partial charge in [0.05, 0.1) is 11.8 Å². The standard InChI is InChI=1S/C18H20N6O2S2/c1-2-11-3-5-12(6-4-11)13-9-14-16(26)21-22-18(24(14)23-13)28-10-15(25)20-17-19-7-8-27-17/h3-8,13-14,23H,2,9-10H2,1H3,(H,21,26)(H,19,20,25). The summed E-state index contributed by atoms with van der Waals surface area (Å²) < 4.78 is 0. The SMILES string of the molecule is CCc1ccc(C2CC3C(=O)NN=C(SCC(=O)Nc4nccs4)N3N2)cc1. The molecule has 3 N–H and O–H groups in total. The lowest BCUT2D eigenvalue weighted by Gasteiger charge is -2.29. The minimum absolute atomic E-state index is 0.0229. The lowest BCUT2D eigenvalue weighted by molar-refractivity contribution is -0.125. The minimum Gasteiger partial charge on any atom is -0.301 e. The molecule has 0 radical (unpaired) electrons. The predicted octanol–water partition coefficient (Wildman–Crippen LogP) is 2.10. The number of nitrogens with zero attached hydrogens (tertiary/aromatic N) is 3. The van der Waals surface area contributed by atoms with Crippen LogP contribution in [0.1, 0.15) is 30.5 Å². The molecular formula is C18H20N6O2S2. The molecule has 28 heavy (non-hydrogen) atoms. The van der Waals surface area contributed by atoms with Crippen LogP contribution in [0.5, 0.6) is 0 Å². The smallest absolute Gasteiger partial charge is 0.264 e. The fourth-order valence-corrected chi connectivity index (χ4v) is 4.46. The Morgan fingerprint density at radius 3 is 2.93 bits per heavy atom. The third kappa shape index (κ3) is 4.03. The first-order valence-corrected chi connectivity index (χ1v) is 10.8. The quantitative estimate of drug-likeness (QED) is 0.690. The molecular weight excluding hydrogens is 396 g/mol. The van der Waals surface area contributed by atoms with Crippen molar-refractivity contribution in [3.8, 4) is 0 Å². The number of aryl methyl sites for hydroxylation is 1. The van der Waals surface area contributed by atoms with Gasteiger partial charge in [0.1, 0.15) is 6.04 Å². The molecule has 10 heteroatoms. The maximum Gasteiger partial charge on any atom is 0.264 e. The molecule has 2 aromatic rings. The molecule has 2 aliphatic heterocycles. The van der Waals surface area contributed by atoms with E-state index in [2.05, 4.69) is 57.4 Å². The van der Waals surface area contributed by atoms with Crippen LogP contribution in [0.25, 0.3) is 0 Å². The van der Waals surface area contributed by atoms with Gasteiger partial charge in [0, 0.05) is 11.6 Å². The van der Waals surface area contributed by atoms with Gasteiger partial charge in [0.2, 0.25) is 5.91 Å². The van der Waals surface area contributed by atoms with E-state index in [0.29, 0.717) is 16.7 Å². The molecule has 146 valence electrons. The van der Waals surface area contributed by atoms with Gasteiger partial charge in [0.25, 0.3) is 5.91 Å². The van der Waals surface area contributed by atoms with Crippen LogP contribution in [-0.4, -0.2) is 38.8 Å². The number of carbonyl (C=O) groups excluding carboxylic acids is 2. The Labute approximate surface area is 170 Å². The van der Waals surface area contributed by atoms with Crippen molar-refractivity contribution in [3.63, 3.8) is 0 Å². The number of carbonyl (C=O) groups is 2. The van der Waals surface area contributed by atoms with Crippen molar-refractivity contribution in [2.24, 2.45) is 5.10 Å². The lowest BCUT2D eigenvalue weighted by Crippen LogP contribution is -2.52. The maximum absolute atomic E-state index is 12.3. The first kappa shape index (κ1) is 18.9. The number of thioether (sulfide) groups is 1. The number of benzene rings is 1. The number of amidine groups is 1. The van der Waals surface area contributed by atoms with Gasteiger partial charge >= 0.3 is 0 Å². The molecule has 2 atom stereocenters. The third-order valence-corrected chi connectivity index (χ3v) is 6.28. The third-order valence-electron chi connectivity index (χ3n) is 4.64. The van der Waals surface area contributed by atoms with Crippen molar-refractivity contribution in [3.05, 3.63) is 47.0 Å². The zero-order valence-electron chi connectivity index (χ0n) is 15.2. The number of thiazole rings is 1. The second-order valence-corrected chi connectivity index (χ2v) is 8.28. The van der Waals surface area contributed by atoms with Gasteiger partial charge < -0.3 is 5.32 Å². The summed E-state index contributed by atoms with van der Waals surface area (Å²) in [6, 6.07) is 8.09. The van der Waals surface area contributed by atoms with E-state index in [1.54, 1.807) is 16.6 Å². The minimum atomic E-state index is -0.349. The molecule has 8 nitrogen and oxygen atoms in total. The summed E-state index contributed by atoms with van der Waals surface area (Å²) in [6.45, 7) is 2.12. The summed E-state index contributed by atoms with van der Waals surface area (Å²) in [5.74, 6) is -0.131. The van der Waals surface area contributed by atoms with E-state index in [4.69, 9.17) is 0 Å². The van der Waals surface area contributed by atoms with Crippen LogP contribution in [0.4, 0.5) is 5.13 Å². The topological polar surface area (TPSA) is 98.7 Å². The zero-order valence-corrected chi connectivity index (χ0v) is 16.8. The number of hydrazone groups is 1. The second kappa shape index (κ2) is 8.29. The Morgan fingerprint density at radius 2 is 2.21 bits per heavy atom. The molecule has 0 bridgehead atoms. The Morgan fingerprint density at radius 1 is 1.39 bits per heavy atom. The Balaban J connectivity index is 1.40. The van der Waals surface area contributed by atoms with Crippen LogP contribution in [0, 0.1) is 0 Å². The number of hydrogen-bond acceptors (Lipinski definition) is 8. The summed E-state index contributed by atoms with van der Waals surface area (Å²) in [5, 5.41) is 11.6. The number of amides is 2. The number of rotatable bonds is 5. The monoisotopic (exact) mass is 416 g/mol. The highest BCUT2D eigenvalue weighted by Crippen LogP contribution is 2.31. The lowest BCUT2D eigenvalue weighted by atomic mass is 10.00. The molecule has 2 unspecified atom stereocenters. The van der Waals surface area contributed by atoms with E-state index in [1.165, 1.54) is 28.7 Å². The molecule has 1 saturated heterocycles. The van der Waals surface area contributed by atoms with Gasteiger partial charge in [-0.3, -0.25) is 14.6 Å². The second-order valence-electron chi connectivity index (χ2n) is 6.44. The zero-order chi connectivity index (χ0) is 19.5. The molecule has 2 aliphatic rings. The van der Waals surface area contributed by atoms with Crippen molar-refractivity contribution in [2.45, 2.75) is 31.8 Å². The molecule has 1 aromatic heterocycles. The first-order valence-electron chi connectivity index (χ1n) is 8.98. The van der Waals surface area contributed by atoms with Crippen LogP contribution in [-0.2, 0) is 16.0 Å². The van der Waals surface area contributed by atoms with Crippen molar-refractivity contribution in [1.29, 1.82) is 0 Å². The highest BCUT2D eigenvalue weighted by Gasteiger charge is 2.41. The summed E-state index contributed by atoms with van der Waals surface area (Å²) in [4.78, 5) is 28.4. The van der Waals surface area contributed by atoms with E-state index in [9.17, 15) is 9.59 Å². The van der Waals surface area contributed by atoms with Gasteiger partial charge in [-0.25, -0.2) is 15.8 Å². The molecule has 0 saturated carbocycles. The van der Waals surface area contributed by atoms with Gasteiger partial charge in [-0.05, 0) is 24.0 Å². The molecule has 4 rings (SSSR count). The Kier molecular flexibility index (Phi) is 5.60. The summed E-state index contributed by atoms with van der Waals surface area (Å²) in [7, 11) is 0. The van der Waals surface area contributed by atoms with Crippen LogP contribution in [0.3, 0.4) is 0 Å². The first-order chi connectivity index (χ1) is 13.6. The predicted molar refractivity (Wildman–Crippen MR) is 111 cm³/mol. The normalized spacial score (nSPS) is 21.1. The number of anilines is 1. The number of nitrogens with one attached hydrogen (secondary N) is 3. The van der Waals surface area contributed by atoms with E-state index in [0.717, 1.165) is 12.0 Å². The maximum atomic E-state index is 12.3. The summed E-state index contributed by atoms with van der Waals surface area (Å²) >= 11 is 2.64. The average Bonchev–Trinajstić information content (AvgIpc) is 3.38. The highest BCUT2D eigenvalue weighted by molar-refractivity contribution is 8.14. The van der Waals surface area contributed by atoms with Gasteiger partial charge in [-0.2, -0.15) is 0 Å².